The second-order valence-electron chi connectivity index (χ2n) is 5.65. The van der Waals surface area contributed by atoms with Gasteiger partial charge in [-0.3, -0.25) is 14.7 Å². The summed E-state index contributed by atoms with van der Waals surface area (Å²) in [6, 6.07) is 5.61. The smallest absolute Gasteiger partial charge is 0.243 e. The highest BCUT2D eigenvalue weighted by molar-refractivity contribution is 7.13. The molecule has 2 heterocycles. The molecule has 5 nitrogen and oxygen atoms in total. The number of amides is 1. The van der Waals surface area contributed by atoms with Crippen molar-refractivity contribution in [2.45, 2.75) is 33.4 Å². The standard InChI is InChI=1S/C16H22N4OS/c1-12(2)10-20(11-14-6-4-5-7-17-14)13(3)15(21)19-16-18-8-9-22-16/h4-9,12-13H,10-11H2,1-3H3,(H,18,19,21). The number of hydrogen-bond acceptors (Lipinski definition) is 5. The molecule has 118 valence electrons. The Kier molecular flexibility index (Phi) is 6.03. The zero-order valence-corrected chi connectivity index (χ0v) is 14.0. The summed E-state index contributed by atoms with van der Waals surface area (Å²) in [5.74, 6) is 0.436. The first kappa shape index (κ1) is 16.6. The van der Waals surface area contributed by atoms with Crippen molar-refractivity contribution >= 4 is 22.4 Å². The minimum Gasteiger partial charge on any atom is -0.301 e. The van der Waals surface area contributed by atoms with E-state index in [9.17, 15) is 4.79 Å². The molecular weight excluding hydrogens is 296 g/mol. The predicted molar refractivity (Wildman–Crippen MR) is 89.7 cm³/mol. The molecule has 0 saturated carbocycles. The van der Waals surface area contributed by atoms with Crippen LogP contribution in [0.15, 0.2) is 36.0 Å². The summed E-state index contributed by atoms with van der Waals surface area (Å²) >= 11 is 1.42. The number of pyridine rings is 1. The number of nitrogens with zero attached hydrogens (tertiary/aromatic N) is 3. The van der Waals surface area contributed by atoms with Gasteiger partial charge >= 0.3 is 0 Å². The number of anilines is 1. The van der Waals surface area contributed by atoms with Crippen LogP contribution in [0, 0.1) is 5.92 Å². The van der Waals surface area contributed by atoms with Crippen molar-refractivity contribution in [1.82, 2.24) is 14.9 Å². The van der Waals surface area contributed by atoms with E-state index in [-0.39, 0.29) is 11.9 Å². The number of carbonyl (C=O) groups excluding carboxylic acids is 1. The number of rotatable bonds is 7. The van der Waals surface area contributed by atoms with Gasteiger partial charge in [0, 0.05) is 30.9 Å². The second-order valence-corrected chi connectivity index (χ2v) is 6.54. The summed E-state index contributed by atoms with van der Waals surface area (Å²) < 4.78 is 0. The average molecular weight is 318 g/mol. The lowest BCUT2D eigenvalue weighted by Gasteiger charge is -2.29. The largest absolute Gasteiger partial charge is 0.301 e. The Morgan fingerprint density at radius 3 is 2.68 bits per heavy atom. The fourth-order valence-corrected chi connectivity index (χ4v) is 2.72. The Bertz CT molecular complexity index is 571. The van der Waals surface area contributed by atoms with Crippen LogP contribution in [0.2, 0.25) is 0 Å². The molecule has 0 spiro atoms. The van der Waals surface area contributed by atoms with Gasteiger partial charge in [-0.1, -0.05) is 19.9 Å². The monoisotopic (exact) mass is 318 g/mol. The molecule has 0 radical (unpaired) electrons. The van der Waals surface area contributed by atoms with Crippen molar-refractivity contribution < 1.29 is 4.79 Å². The number of nitrogens with one attached hydrogen (secondary N) is 1. The average Bonchev–Trinajstić information content (AvgIpc) is 2.99. The first-order valence-corrected chi connectivity index (χ1v) is 8.28. The highest BCUT2D eigenvalue weighted by atomic mass is 32.1. The Balaban J connectivity index is 2.04. The lowest BCUT2D eigenvalue weighted by Crippen LogP contribution is -2.43. The fourth-order valence-electron chi connectivity index (χ4n) is 2.19. The van der Waals surface area contributed by atoms with Crippen LogP contribution < -0.4 is 5.32 Å². The zero-order chi connectivity index (χ0) is 15.9. The molecule has 1 amide bonds. The SMILES string of the molecule is CC(C)CN(Cc1ccccn1)C(C)C(=O)Nc1nccs1. The molecule has 0 bridgehead atoms. The van der Waals surface area contributed by atoms with Crippen LogP contribution in [-0.2, 0) is 11.3 Å². The number of aromatic nitrogens is 2. The molecule has 6 heteroatoms. The van der Waals surface area contributed by atoms with E-state index in [2.05, 4.69) is 34.0 Å². The minimum absolute atomic E-state index is 0.0356. The zero-order valence-electron chi connectivity index (χ0n) is 13.2. The summed E-state index contributed by atoms with van der Waals surface area (Å²) in [6.45, 7) is 7.72. The maximum absolute atomic E-state index is 12.4. The molecule has 1 unspecified atom stereocenters. The van der Waals surface area contributed by atoms with Crippen LogP contribution in [0.3, 0.4) is 0 Å². The first-order valence-electron chi connectivity index (χ1n) is 7.40. The summed E-state index contributed by atoms with van der Waals surface area (Å²) in [7, 11) is 0. The molecule has 0 aliphatic heterocycles. The number of hydrogen-bond donors (Lipinski definition) is 1. The van der Waals surface area contributed by atoms with Crippen LogP contribution in [0.4, 0.5) is 5.13 Å². The Hall–Kier alpha value is -1.79. The minimum atomic E-state index is -0.242. The summed E-state index contributed by atoms with van der Waals surface area (Å²) in [5.41, 5.74) is 0.969. The summed E-state index contributed by atoms with van der Waals surface area (Å²) in [5, 5.41) is 5.35. The van der Waals surface area contributed by atoms with Gasteiger partial charge in [0.25, 0.3) is 0 Å². The molecule has 1 atom stereocenters. The Morgan fingerprint density at radius 1 is 1.27 bits per heavy atom. The van der Waals surface area contributed by atoms with E-state index in [1.54, 1.807) is 12.4 Å². The van der Waals surface area contributed by atoms with Crippen LogP contribution in [0.25, 0.3) is 0 Å². The lowest BCUT2D eigenvalue weighted by atomic mass is 10.1. The van der Waals surface area contributed by atoms with Crippen molar-refractivity contribution in [1.29, 1.82) is 0 Å². The number of carbonyl (C=O) groups is 1. The van der Waals surface area contributed by atoms with E-state index in [1.165, 1.54) is 11.3 Å². The fraction of sp³-hybridized carbons (Fsp3) is 0.438. The maximum Gasteiger partial charge on any atom is 0.243 e. The van der Waals surface area contributed by atoms with E-state index in [1.807, 2.05) is 30.5 Å². The van der Waals surface area contributed by atoms with Gasteiger partial charge in [-0.2, -0.15) is 0 Å². The van der Waals surface area contributed by atoms with Gasteiger partial charge < -0.3 is 5.32 Å². The summed E-state index contributed by atoms with van der Waals surface area (Å²) in [6.07, 6.45) is 3.47. The van der Waals surface area contributed by atoms with Crippen LogP contribution in [0.5, 0.6) is 0 Å². The molecule has 1 N–H and O–H groups in total. The van der Waals surface area contributed by atoms with Crippen LogP contribution in [0.1, 0.15) is 26.5 Å². The van der Waals surface area contributed by atoms with E-state index in [0.717, 1.165) is 12.2 Å². The van der Waals surface area contributed by atoms with Gasteiger partial charge in [0.2, 0.25) is 5.91 Å². The maximum atomic E-state index is 12.4. The molecule has 22 heavy (non-hydrogen) atoms. The lowest BCUT2D eigenvalue weighted by molar-refractivity contribution is -0.121. The second kappa shape index (κ2) is 8.00. The van der Waals surface area contributed by atoms with Gasteiger partial charge in [0.1, 0.15) is 0 Å². The van der Waals surface area contributed by atoms with Crippen molar-refractivity contribution in [3.8, 4) is 0 Å². The first-order chi connectivity index (χ1) is 10.6. The topological polar surface area (TPSA) is 58.1 Å². The van der Waals surface area contributed by atoms with E-state index >= 15 is 0 Å². The molecular formula is C16H22N4OS. The van der Waals surface area contributed by atoms with Crippen LogP contribution >= 0.6 is 11.3 Å². The quantitative estimate of drug-likeness (QED) is 0.852. The molecule has 0 aromatic carbocycles. The van der Waals surface area contributed by atoms with Crippen molar-refractivity contribution in [3.05, 3.63) is 41.7 Å². The highest BCUT2D eigenvalue weighted by Gasteiger charge is 2.23. The highest BCUT2D eigenvalue weighted by Crippen LogP contribution is 2.14. The molecule has 2 aromatic heterocycles. The van der Waals surface area contributed by atoms with Crippen LogP contribution in [-0.4, -0.2) is 33.4 Å². The van der Waals surface area contributed by atoms with Gasteiger partial charge in [0.05, 0.1) is 11.7 Å². The van der Waals surface area contributed by atoms with Gasteiger partial charge in [-0.15, -0.1) is 11.3 Å². The van der Waals surface area contributed by atoms with E-state index in [4.69, 9.17) is 0 Å². The third-order valence-electron chi connectivity index (χ3n) is 3.28. The van der Waals surface area contributed by atoms with E-state index < -0.39 is 0 Å². The molecule has 0 aliphatic rings. The van der Waals surface area contributed by atoms with Gasteiger partial charge in [-0.25, -0.2) is 4.98 Å². The number of thiazole rings is 1. The Labute approximate surface area is 135 Å². The van der Waals surface area contributed by atoms with Crippen molar-refractivity contribution in [2.75, 3.05) is 11.9 Å². The van der Waals surface area contributed by atoms with Gasteiger partial charge in [-0.05, 0) is 25.0 Å². The normalized spacial score (nSPS) is 12.6. The molecule has 0 fully saturated rings. The van der Waals surface area contributed by atoms with Gasteiger partial charge in [0.15, 0.2) is 5.13 Å². The third kappa shape index (κ3) is 4.89. The van der Waals surface area contributed by atoms with Crippen molar-refractivity contribution in [3.63, 3.8) is 0 Å². The molecule has 2 aromatic rings. The molecule has 0 aliphatic carbocycles. The summed E-state index contributed by atoms with van der Waals surface area (Å²) in [4.78, 5) is 23.0. The predicted octanol–water partition coefficient (Wildman–Crippen LogP) is 3.02. The van der Waals surface area contributed by atoms with E-state index in [0.29, 0.717) is 17.6 Å². The van der Waals surface area contributed by atoms with Crippen molar-refractivity contribution in [2.24, 2.45) is 5.92 Å². The molecule has 0 saturated heterocycles. The Morgan fingerprint density at radius 2 is 2.09 bits per heavy atom. The molecule has 2 rings (SSSR count). The third-order valence-corrected chi connectivity index (χ3v) is 3.97.